The monoisotopic (exact) mass is 698 g/mol. The van der Waals surface area contributed by atoms with Gasteiger partial charge in [-0.1, -0.05) is 37.2 Å². The van der Waals surface area contributed by atoms with Gasteiger partial charge in [-0.15, -0.1) is 0 Å². The van der Waals surface area contributed by atoms with E-state index < -0.39 is 51.7 Å². The number of halogens is 3. The van der Waals surface area contributed by atoms with Gasteiger partial charge < -0.3 is 15.0 Å². The van der Waals surface area contributed by atoms with Crippen molar-refractivity contribution in [1.82, 2.24) is 4.90 Å². The molecule has 10 nitrogen and oxygen atoms in total. The molecule has 3 fully saturated rings. The van der Waals surface area contributed by atoms with Gasteiger partial charge in [0.15, 0.2) is 0 Å². The Hall–Kier alpha value is -3.87. The molecule has 234 valence electrons. The maximum atomic E-state index is 16.1. The predicted octanol–water partition coefficient (Wildman–Crippen LogP) is 6.26. The number of carbonyl (C=O) groups is 3. The van der Waals surface area contributed by atoms with Crippen LogP contribution in [0.25, 0.3) is 0 Å². The Labute approximate surface area is 271 Å². The summed E-state index contributed by atoms with van der Waals surface area (Å²) in [5, 5.41) is 15.6. The molecule has 3 aromatic rings. The third-order valence-corrected chi connectivity index (χ3v) is 10.2. The van der Waals surface area contributed by atoms with E-state index in [0.717, 1.165) is 18.9 Å². The summed E-state index contributed by atoms with van der Waals surface area (Å²) in [4.78, 5) is 55.9. The van der Waals surface area contributed by atoms with E-state index in [2.05, 4.69) is 21.2 Å². The highest BCUT2D eigenvalue weighted by atomic mass is 79.9. The van der Waals surface area contributed by atoms with Crippen molar-refractivity contribution in [1.29, 1.82) is 0 Å². The second kappa shape index (κ2) is 11.2. The van der Waals surface area contributed by atoms with Crippen molar-refractivity contribution in [2.75, 3.05) is 30.4 Å². The van der Waals surface area contributed by atoms with Gasteiger partial charge in [-0.05, 0) is 70.6 Å². The van der Waals surface area contributed by atoms with E-state index in [9.17, 15) is 24.5 Å². The molecular weight excluding hydrogens is 671 g/mol. The maximum Gasteiger partial charge on any atom is 0.338 e. The second-order valence-corrected chi connectivity index (χ2v) is 12.9. The van der Waals surface area contributed by atoms with Crippen molar-refractivity contribution in [2.24, 2.45) is 11.8 Å². The summed E-state index contributed by atoms with van der Waals surface area (Å²) < 4.78 is 21.0. The van der Waals surface area contributed by atoms with E-state index in [4.69, 9.17) is 16.3 Å². The lowest BCUT2D eigenvalue weighted by atomic mass is 9.71. The quantitative estimate of drug-likeness (QED) is 0.183. The number of carbonyl (C=O) groups excluding carboxylic acids is 3. The van der Waals surface area contributed by atoms with Crippen molar-refractivity contribution in [2.45, 2.75) is 37.8 Å². The fourth-order valence-corrected chi connectivity index (χ4v) is 7.93. The minimum absolute atomic E-state index is 0. The van der Waals surface area contributed by atoms with Crippen LogP contribution in [-0.4, -0.2) is 53.8 Å². The van der Waals surface area contributed by atoms with Crippen molar-refractivity contribution in [3.05, 3.63) is 96.7 Å². The summed E-state index contributed by atoms with van der Waals surface area (Å²) >= 11 is 9.59. The molecule has 3 aromatic carbocycles. The number of amides is 2. The van der Waals surface area contributed by atoms with Crippen LogP contribution >= 0.6 is 27.5 Å². The molecule has 2 saturated heterocycles. The van der Waals surface area contributed by atoms with Gasteiger partial charge >= 0.3 is 5.97 Å². The number of nitro groups is 1. The minimum atomic E-state index is -1.43. The lowest BCUT2D eigenvalue weighted by Gasteiger charge is -2.41. The van der Waals surface area contributed by atoms with Crippen LogP contribution in [-0.2, 0) is 19.9 Å². The third kappa shape index (κ3) is 4.56. The molecule has 4 aliphatic rings. The van der Waals surface area contributed by atoms with Crippen molar-refractivity contribution in [3.63, 3.8) is 0 Å². The number of esters is 1. The Balaban J connectivity index is 0.00000357. The van der Waals surface area contributed by atoms with Crippen LogP contribution in [0.4, 0.5) is 21.5 Å². The third-order valence-electron chi connectivity index (χ3n) is 9.34. The predicted molar refractivity (Wildman–Crippen MR) is 169 cm³/mol. The van der Waals surface area contributed by atoms with Crippen LogP contribution in [0.1, 0.15) is 47.7 Å². The number of rotatable bonds is 6. The average molecular weight is 700 g/mol. The molecule has 3 aliphatic heterocycles. The zero-order chi connectivity index (χ0) is 31.1. The second-order valence-electron chi connectivity index (χ2n) is 11.6. The first kappa shape index (κ1) is 31.1. The fourth-order valence-electron chi connectivity index (χ4n) is 7.38. The molecular formula is C32H29BrClFN4O6. The number of hydrogen-bond acceptors (Lipinski definition) is 7. The van der Waals surface area contributed by atoms with Gasteiger partial charge in [0, 0.05) is 47.4 Å². The SMILES string of the molecule is C.COC(=O)c1ccc(N2C[C@H]3[C@@H](C2=O)[C@H](c2cccc(Br)c2F)[C@]2(C(=O)Nc4cc(Cl)ccc42)N3CC2CC2)c([N+](=O)[O-])c1. The highest BCUT2D eigenvalue weighted by molar-refractivity contribution is 9.10. The van der Waals surface area contributed by atoms with Crippen LogP contribution in [0, 0.1) is 27.8 Å². The van der Waals surface area contributed by atoms with Gasteiger partial charge in [0.2, 0.25) is 11.8 Å². The first-order valence-corrected chi connectivity index (χ1v) is 15.2. The zero-order valence-corrected chi connectivity index (χ0v) is 25.6. The number of hydrogen-bond donors (Lipinski definition) is 1. The fraction of sp³-hybridized carbons (Fsp3) is 0.344. The van der Waals surface area contributed by atoms with Crippen LogP contribution in [0.5, 0.6) is 0 Å². The number of nitrogens with one attached hydrogen (secondary N) is 1. The number of nitro benzene ring substituents is 1. The number of anilines is 2. The van der Waals surface area contributed by atoms with E-state index in [-0.39, 0.29) is 47.1 Å². The number of methoxy groups -OCH3 is 1. The Morgan fingerprint density at radius 1 is 1.20 bits per heavy atom. The Bertz CT molecular complexity index is 1790. The van der Waals surface area contributed by atoms with Crippen molar-refractivity contribution in [3.8, 4) is 0 Å². The number of fused-ring (bicyclic) bond motifs is 3. The normalized spacial score (nSPS) is 25.2. The van der Waals surface area contributed by atoms with Gasteiger partial charge in [-0.2, -0.15) is 0 Å². The Morgan fingerprint density at radius 2 is 1.96 bits per heavy atom. The van der Waals surface area contributed by atoms with Gasteiger partial charge in [0.1, 0.15) is 17.0 Å². The molecule has 1 saturated carbocycles. The molecule has 1 spiro atoms. The van der Waals surface area contributed by atoms with Gasteiger partial charge in [0.25, 0.3) is 5.69 Å². The molecule has 3 heterocycles. The molecule has 0 bridgehead atoms. The van der Waals surface area contributed by atoms with Gasteiger partial charge in [0.05, 0.1) is 28.0 Å². The van der Waals surface area contributed by atoms with Crippen molar-refractivity contribution >= 4 is 62.4 Å². The van der Waals surface area contributed by atoms with E-state index in [1.165, 1.54) is 24.1 Å². The molecule has 1 aliphatic carbocycles. The molecule has 2 amide bonds. The molecule has 1 N–H and O–H groups in total. The van der Waals surface area contributed by atoms with Crippen molar-refractivity contribution < 1.29 is 28.4 Å². The Morgan fingerprint density at radius 3 is 2.64 bits per heavy atom. The van der Waals surface area contributed by atoms with E-state index in [1.54, 1.807) is 36.4 Å². The average Bonchev–Trinajstić information content (AvgIpc) is 3.63. The molecule has 0 unspecified atom stereocenters. The highest BCUT2D eigenvalue weighted by Gasteiger charge is 2.71. The van der Waals surface area contributed by atoms with Gasteiger partial charge in [-0.3, -0.25) is 24.6 Å². The molecule has 0 radical (unpaired) electrons. The first-order valence-electron chi connectivity index (χ1n) is 14.1. The largest absolute Gasteiger partial charge is 0.465 e. The topological polar surface area (TPSA) is 122 Å². The summed E-state index contributed by atoms with van der Waals surface area (Å²) in [7, 11) is 1.17. The molecule has 4 atom stereocenters. The Kier molecular flexibility index (Phi) is 7.73. The van der Waals surface area contributed by atoms with Crippen LogP contribution in [0.15, 0.2) is 59.1 Å². The van der Waals surface area contributed by atoms with Crippen LogP contribution < -0.4 is 10.2 Å². The van der Waals surface area contributed by atoms with E-state index in [1.807, 2.05) is 4.90 Å². The molecule has 45 heavy (non-hydrogen) atoms. The first-order chi connectivity index (χ1) is 21.1. The molecule has 13 heteroatoms. The smallest absolute Gasteiger partial charge is 0.338 e. The van der Waals surface area contributed by atoms with Crippen LogP contribution in [0.3, 0.4) is 0 Å². The minimum Gasteiger partial charge on any atom is -0.465 e. The summed E-state index contributed by atoms with van der Waals surface area (Å²) in [6, 6.07) is 13.1. The van der Waals surface area contributed by atoms with E-state index >= 15 is 4.39 Å². The summed E-state index contributed by atoms with van der Waals surface area (Å²) in [6.07, 6.45) is 1.90. The number of ether oxygens (including phenoxy) is 1. The maximum absolute atomic E-state index is 16.1. The number of benzene rings is 3. The summed E-state index contributed by atoms with van der Waals surface area (Å²) in [5.74, 6) is -3.80. The van der Waals surface area contributed by atoms with E-state index in [0.29, 0.717) is 22.8 Å². The summed E-state index contributed by atoms with van der Waals surface area (Å²) in [6.45, 7) is 0.506. The molecule has 7 rings (SSSR count). The zero-order valence-electron chi connectivity index (χ0n) is 23.3. The number of nitrogens with zero attached hydrogens (tertiary/aromatic N) is 3. The lowest BCUT2D eigenvalue weighted by Crippen LogP contribution is -2.54. The summed E-state index contributed by atoms with van der Waals surface area (Å²) in [5.41, 5.74) is -0.581. The van der Waals surface area contributed by atoms with Gasteiger partial charge in [-0.25, -0.2) is 9.18 Å². The van der Waals surface area contributed by atoms with Crippen LogP contribution in [0.2, 0.25) is 5.02 Å². The lowest BCUT2D eigenvalue weighted by molar-refractivity contribution is -0.384. The number of likely N-dealkylation sites (tertiary alicyclic amines) is 1. The molecule has 0 aromatic heterocycles. The highest BCUT2D eigenvalue weighted by Crippen LogP contribution is 2.62. The standard InChI is InChI=1S/C31H25BrClFN4O6.CH4/c1-44-29(40)16-7-10-22(23(11-16)38(42)43)36-14-24-25(28(36)39)26(18-3-2-4-20(32)27(18)34)31(37(24)13-15-5-6-15)19-9-8-17(33)12-21(19)35-30(31)41;/h2-4,7-12,15,24-26H,5-6,13-14H2,1H3,(H,35,41);1H4/t24-,25+,26-,31+;/m0./s1.